The molecule has 2 rings (SSSR count). The fourth-order valence-electron chi connectivity index (χ4n) is 2.01. The van der Waals surface area contributed by atoms with Gasteiger partial charge in [-0.2, -0.15) is 0 Å². The summed E-state index contributed by atoms with van der Waals surface area (Å²) in [6, 6.07) is 1.76. The Hall–Kier alpha value is 0.0500. The van der Waals surface area contributed by atoms with Crippen LogP contribution < -0.4 is 10.0 Å². The summed E-state index contributed by atoms with van der Waals surface area (Å²) < 4.78 is 28.0. The molecule has 0 bridgehead atoms. The molecule has 0 spiro atoms. The SMILES string of the molecule is CC1(CNS(=O)(=O)c2sccc2Br)CCNCC1. The molecule has 0 aromatic carbocycles. The lowest BCUT2D eigenvalue weighted by Crippen LogP contribution is -2.42. The normalized spacial score (nSPS) is 19.9. The summed E-state index contributed by atoms with van der Waals surface area (Å²) in [6.07, 6.45) is 2.00. The van der Waals surface area contributed by atoms with Gasteiger partial charge in [0.2, 0.25) is 0 Å². The predicted octanol–water partition coefficient (Wildman–Crippen LogP) is 2.18. The third-order valence-electron chi connectivity index (χ3n) is 3.33. The third-order valence-corrected chi connectivity index (χ3v) is 7.40. The number of nitrogens with one attached hydrogen (secondary N) is 2. The van der Waals surface area contributed by atoms with E-state index in [1.807, 2.05) is 0 Å². The van der Waals surface area contributed by atoms with E-state index in [0.29, 0.717) is 15.2 Å². The highest BCUT2D eigenvalue weighted by molar-refractivity contribution is 9.10. The number of rotatable bonds is 4. The lowest BCUT2D eigenvalue weighted by atomic mass is 9.81. The minimum atomic E-state index is -3.38. The number of piperidine rings is 1. The minimum Gasteiger partial charge on any atom is -0.317 e. The van der Waals surface area contributed by atoms with E-state index in [9.17, 15) is 8.42 Å². The Morgan fingerprint density at radius 2 is 2.17 bits per heavy atom. The van der Waals surface area contributed by atoms with E-state index < -0.39 is 10.0 Å². The van der Waals surface area contributed by atoms with Gasteiger partial charge in [0.15, 0.2) is 0 Å². The van der Waals surface area contributed by atoms with Crippen molar-refractivity contribution in [2.24, 2.45) is 5.41 Å². The van der Waals surface area contributed by atoms with E-state index in [-0.39, 0.29) is 5.41 Å². The molecule has 1 fully saturated rings. The van der Waals surface area contributed by atoms with Crippen LogP contribution in [0.3, 0.4) is 0 Å². The molecule has 0 unspecified atom stereocenters. The molecule has 0 radical (unpaired) electrons. The summed E-state index contributed by atoms with van der Waals surface area (Å²) in [5.41, 5.74) is 0.0576. The van der Waals surface area contributed by atoms with Crippen LogP contribution in [0.25, 0.3) is 0 Å². The average molecular weight is 353 g/mol. The fraction of sp³-hybridized carbons (Fsp3) is 0.636. The van der Waals surface area contributed by atoms with Crippen LogP contribution in [0.5, 0.6) is 0 Å². The van der Waals surface area contributed by atoms with Gasteiger partial charge in [0.05, 0.1) is 0 Å². The number of sulfonamides is 1. The lowest BCUT2D eigenvalue weighted by Gasteiger charge is -2.33. The van der Waals surface area contributed by atoms with Crippen LogP contribution >= 0.6 is 27.3 Å². The molecule has 2 N–H and O–H groups in total. The number of halogens is 1. The number of hydrogen-bond acceptors (Lipinski definition) is 4. The Labute approximate surface area is 120 Å². The molecule has 4 nitrogen and oxygen atoms in total. The monoisotopic (exact) mass is 352 g/mol. The van der Waals surface area contributed by atoms with Crippen LogP contribution in [0, 0.1) is 5.41 Å². The molecule has 1 aliphatic rings. The molecule has 102 valence electrons. The maximum atomic E-state index is 12.2. The van der Waals surface area contributed by atoms with Crippen molar-refractivity contribution in [3.8, 4) is 0 Å². The van der Waals surface area contributed by atoms with Crippen molar-refractivity contribution in [3.63, 3.8) is 0 Å². The van der Waals surface area contributed by atoms with E-state index >= 15 is 0 Å². The fourth-order valence-corrected chi connectivity index (χ4v) is 5.59. The summed E-state index contributed by atoms with van der Waals surface area (Å²) in [6.45, 7) is 4.56. The maximum absolute atomic E-state index is 12.2. The molecule has 0 saturated carbocycles. The molecule has 2 heterocycles. The van der Waals surface area contributed by atoms with Crippen LogP contribution in [0.4, 0.5) is 0 Å². The molecule has 1 aromatic rings. The van der Waals surface area contributed by atoms with Crippen molar-refractivity contribution in [2.75, 3.05) is 19.6 Å². The van der Waals surface area contributed by atoms with Crippen molar-refractivity contribution in [3.05, 3.63) is 15.9 Å². The molecular weight excluding hydrogens is 336 g/mol. The van der Waals surface area contributed by atoms with Gasteiger partial charge in [-0.25, -0.2) is 13.1 Å². The van der Waals surface area contributed by atoms with Crippen LogP contribution in [-0.4, -0.2) is 28.1 Å². The zero-order valence-corrected chi connectivity index (χ0v) is 13.4. The van der Waals surface area contributed by atoms with Crippen LogP contribution in [-0.2, 0) is 10.0 Å². The van der Waals surface area contributed by atoms with Crippen LogP contribution in [0.2, 0.25) is 0 Å². The van der Waals surface area contributed by atoms with E-state index in [2.05, 4.69) is 32.9 Å². The highest BCUT2D eigenvalue weighted by Gasteiger charge is 2.29. The van der Waals surface area contributed by atoms with Gasteiger partial charge in [-0.3, -0.25) is 0 Å². The summed E-state index contributed by atoms with van der Waals surface area (Å²) in [5.74, 6) is 0. The Bertz CT molecular complexity index is 507. The standard InChI is InChI=1S/C11H17BrN2O2S2/c1-11(3-5-13-6-4-11)8-14-18(15,16)10-9(12)2-7-17-10/h2,7,13-14H,3-6,8H2,1H3. The smallest absolute Gasteiger partial charge is 0.251 e. The first-order valence-corrected chi connectivity index (χ1v) is 9.02. The van der Waals surface area contributed by atoms with Gasteiger partial charge < -0.3 is 5.32 Å². The summed E-state index contributed by atoms with van der Waals surface area (Å²) >= 11 is 4.50. The van der Waals surface area contributed by atoms with Gasteiger partial charge >= 0.3 is 0 Å². The summed E-state index contributed by atoms with van der Waals surface area (Å²) in [4.78, 5) is 0. The van der Waals surface area contributed by atoms with Gasteiger partial charge in [0.1, 0.15) is 4.21 Å². The average Bonchev–Trinajstić information content (AvgIpc) is 2.75. The van der Waals surface area contributed by atoms with Gasteiger partial charge in [-0.1, -0.05) is 6.92 Å². The predicted molar refractivity (Wildman–Crippen MR) is 77.4 cm³/mol. The van der Waals surface area contributed by atoms with Gasteiger partial charge in [0.25, 0.3) is 10.0 Å². The maximum Gasteiger partial charge on any atom is 0.251 e. The highest BCUT2D eigenvalue weighted by Crippen LogP contribution is 2.30. The highest BCUT2D eigenvalue weighted by atomic mass is 79.9. The van der Waals surface area contributed by atoms with Crippen LogP contribution in [0.1, 0.15) is 19.8 Å². The Balaban J connectivity index is 2.03. The molecule has 0 atom stereocenters. The molecule has 18 heavy (non-hydrogen) atoms. The van der Waals surface area contributed by atoms with Crippen molar-refractivity contribution < 1.29 is 8.42 Å². The molecule has 7 heteroatoms. The van der Waals surface area contributed by atoms with Crippen molar-refractivity contribution in [1.82, 2.24) is 10.0 Å². The second-order valence-corrected chi connectivity index (χ2v) is 8.67. The second-order valence-electron chi connectivity index (χ2n) is 4.94. The van der Waals surface area contributed by atoms with Gasteiger partial charge in [-0.15, -0.1) is 11.3 Å². The van der Waals surface area contributed by atoms with Crippen molar-refractivity contribution in [1.29, 1.82) is 0 Å². The molecule has 1 aliphatic heterocycles. The molecule has 1 saturated heterocycles. The lowest BCUT2D eigenvalue weighted by molar-refractivity contribution is 0.232. The summed E-state index contributed by atoms with van der Waals surface area (Å²) in [7, 11) is -3.38. The van der Waals surface area contributed by atoms with Crippen molar-refractivity contribution in [2.45, 2.75) is 24.0 Å². The van der Waals surface area contributed by atoms with Crippen LogP contribution in [0.15, 0.2) is 20.1 Å². The van der Waals surface area contributed by atoms with Crippen molar-refractivity contribution >= 4 is 37.3 Å². The van der Waals surface area contributed by atoms with E-state index in [1.165, 1.54) is 11.3 Å². The number of thiophene rings is 1. The topological polar surface area (TPSA) is 58.2 Å². The van der Waals surface area contributed by atoms with E-state index in [1.54, 1.807) is 11.4 Å². The largest absolute Gasteiger partial charge is 0.317 e. The first kappa shape index (κ1) is 14.5. The van der Waals surface area contributed by atoms with E-state index in [4.69, 9.17) is 0 Å². The Morgan fingerprint density at radius 3 is 2.72 bits per heavy atom. The van der Waals surface area contributed by atoms with Gasteiger partial charge in [0, 0.05) is 11.0 Å². The molecule has 0 aliphatic carbocycles. The number of hydrogen-bond donors (Lipinski definition) is 2. The Morgan fingerprint density at radius 1 is 1.50 bits per heavy atom. The second kappa shape index (κ2) is 5.58. The minimum absolute atomic E-state index is 0.0576. The van der Waals surface area contributed by atoms with Gasteiger partial charge in [-0.05, 0) is 58.7 Å². The first-order chi connectivity index (χ1) is 8.43. The Kier molecular flexibility index (Phi) is 4.48. The molecule has 1 aromatic heterocycles. The molecular formula is C11H17BrN2O2S2. The van der Waals surface area contributed by atoms with E-state index in [0.717, 1.165) is 25.9 Å². The third kappa shape index (κ3) is 3.33. The zero-order valence-electron chi connectivity index (χ0n) is 10.2. The zero-order chi connectivity index (χ0) is 13.2. The quantitative estimate of drug-likeness (QED) is 0.872. The molecule has 0 amide bonds. The summed E-state index contributed by atoms with van der Waals surface area (Å²) in [5, 5.41) is 5.06. The first-order valence-electron chi connectivity index (χ1n) is 5.86.